The highest BCUT2D eigenvalue weighted by molar-refractivity contribution is 6.53. The molecule has 11 heteroatoms. The number of rotatable bonds is 5. The first kappa shape index (κ1) is 20.8. The van der Waals surface area contributed by atoms with Gasteiger partial charge in [-0.15, -0.1) is 0 Å². The predicted octanol–water partition coefficient (Wildman–Crippen LogP) is 2.65. The van der Waals surface area contributed by atoms with Crippen molar-refractivity contribution in [3.63, 3.8) is 0 Å². The maximum Gasteiger partial charge on any atom is 0.418 e. The van der Waals surface area contributed by atoms with Gasteiger partial charge in [-0.1, -0.05) is 12.1 Å². The van der Waals surface area contributed by atoms with Crippen LogP contribution in [0.1, 0.15) is 5.56 Å². The number of nitrogens with one attached hydrogen (secondary N) is 1. The molecule has 0 aliphatic carbocycles. The van der Waals surface area contributed by atoms with E-state index in [1.165, 1.54) is 37.4 Å². The fourth-order valence-corrected chi connectivity index (χ4v) is 2.78. The van der Waals surface area contributed by atoms with Crippen molar-refractivity contribution in [3.05, 3.63) is 54.1 Å². The lowest BCUT2D eigenvalue weighted by Gasteiger charge is -2.17. The number of urea groups is 1. The van der Waals surface area contributed by atoms with E-state index in [2.05, 4.69) is 0 Å². The highest BCUT2D eigenvalue weighted by Crippen LogP contribution is 2.34. The highest BCUT2D eigenvalue weighted by atomic mass is 19.4. The first-order valence-corrected chi connectivity index (χ1v) is 8.43. The number of anilines is 2. The van der Waals surface area contributed by atoms with Gasteiger partial charge < -0.3 is 10.1 Å². The van der Waals surface area contributed by atoms with Crippen molar-refractivity contribution < 1.29 is 37.1 Å². The molecule has 0 spiro atoms. The van der Waals surface area contributed by atoms with Crippen LogP contribution in [0, 0.1) is 0 Å². The number of hydrogen-bond donors (Lipinski definition) is 1. The number of ether oxygens (including phenoxy) is 1. The number of alkyl halides is 3. The smallest absolute Gasteiger partial charge is 0.418 e. The third-order valence-corrected chi connectivity index (χ3v) is 4.19. The van der Waals surface area contributed by atoms with Gasteiger partial charge in [0.25, 0.3) is 0 Å². The summed E-state index contributed by atoms with van der Waals surface area (Å²) < 4.78 is 44.1. The fourth-order valence-electron chi connectivity index (χ4n) is 2.78. The quantitative estimate of drug-likeness (QED) is 0.592. The second-order valence-electron chi connectivity index (χ2n) is 6.10. The number of halogens is 3. The zero-order chi connectivity index (χ0) is 22.1. The Morgan fingerprint density at radius 3 is 2.23 bits per heavy atom. The molecule has 1 aliphatic rings. The molecule has 3 rings (SSSR count). The highest BCUT2D eigenvalue weighted by Gasteiger charge is 2.46. The van der Waals surface area contributed by atoms with E-state index < -0.39 is 47.7 Å². The normalized spacial score (nSPS) is 14.3. The largest absolute Gasteiger partial charge is 0.497 e. The molecule has 5 amide bonds. The van der Waals surface area contributed by atoms with Crippen molar-refractivity contribution >= 4 is 35.1 Å². The number of nitrogens with zero attached hydrogens (tertiary/aromatic N) is 2. The van der Waals surface area contributed by atoms with Crippen LogP contribution in [0.15, 0.2) is 48.5 Å². The molecule has 0 radical (unpaired) electrons. The van der Waals surface area contributed by atoms with E-state index in [4.69, 9.17) is 4.74 Å². The number of carbonyl (C=O) groups excluding carboxylic acids is 4. The van der Waals surface area contributed by atoms with Gasteiger partial charge in [0, 0.05) is 0 Å². The lowest BCUT2D eigenvalue weighted by molar-refractivity contribution is -0.140. The zero-order valence-corrected chi connectivity index (χ0v) is 15.4. The van der Waals surface area contributed by atoms with Crippen molar-refractivity contribution in [1.82, 2.24) is 4.90 Å². The summed E-state index contributed by atoms with van der Waals surface area (Å²) in [4.78, 5) is 50.0. The number of carbonyl (C=O) groups is 4. The van der Waals surface area contributed by atoms with E-state index in [-0.39, 0.29) is 5.69 Å². The van der Waals surface area contributed by atoms with Crippen LogP contribution >= 0.6 is 0 Å². The molecule has 0 bridgehead atoms. The van der Waals surface area contributed by atoms with E-state index in [9.17, 15) is 32.3 Å². The standard InChI is InChI=1S/C19H14F3N3O5/c1-30-12-8-6-11(7-9-12)25-17(28)16(27)24(18(25)29)10-15(26)23-14-5-3-2-4-13(14)19(20,21)22/h2-9H,10H2,1H3,(H,23,26). The number of hydrogen-bond acceptors (Lipinski definition) is 5. The van der Waals surface area contributed by atoms with Gasteiger partial charge in [-0.2, -0.15) is 13.2 Å². The Morgan fingerprint density at radius 2 is 1.63 bits per heavy atom. The molecule has 156 valence electrons. The fraction of sp³-hybridized carbons (Fsp3) is 0.158. The van der Waals surface area contributed by atoms with Gasteiger partial charge in [-0.05, 0) is 36.4 Å². The van der Waals surface area contributed by atoms with Crippen LogP contribution in [0.2, 0.25) is 0 Å². The molecule has 1 aliphatic heterocycles. The summed E-state index contributed by atoms with van der Waals surface area (Å²) >= 11 is 0. The summed E-state index contributed by atoms with van der Waals surface area (Å²) in [5.41, 5.74) is -1.55. The molecule has 0 unspecified atom stereocenters. The van der Waals surface area contributed by atoms with E-state index in [0.29, 0.717) is 15.5 Å². The summed E-state index contributed by atoms with van der Waals surface area (Å²) in [7, 11) is 1.42. The Hall–Kier alpha value is -3.89. The number of imide groups is 2. The predicted molar refractivity (Wildman–Crippen MR) is 97.7 cm³/mol. The Balaban J connectivity index is 1.77. The molecule has 0 atom stereocenters. The molecule has 0 aromatic heterocycles. The minimum atomic E-state index is -4.72. The molecule has 30 heavy (non-hydrogen) atoms. The summed E-state index contributed by atoms with van der Waals surface area (Å²) in [6.07, 6.45) is -4.72. The van der Waals surface area contributed by atoms with Gasteiger partial charge in [-0.3, -0.25) is 14.4 Å². The molecule has 8 nitrogen and oxygen atoms in total. The van der Waals surface area contributed by atoms with Crippen LogP contribution in [0.25, 0.3) is 0 Å². The van der Waals surface area contributed by atoms with Crippen LogP contribution in [-0.2, 0) is 20.6 Å². The molecule has 0 saturated carbocycles. The molecular weight excluding hydrogens is 407 g/mol. The molecule has 1 saturated heterocycles. The molecular formula is C19H14F3N3O5. The number of benzene rings is 2. The molecule has 1 fully saturated rings. The van der Waals surface area contributed by atoms with E-state index >= 15 is 0 Å². The monoisotopic (exact) mass is 421 g/mol. The van der Waals surface area contributed by atoms with Crippen LogP contribution in [0.5, 0.6) is 5.75 Å². The van der Waals surface area contributed by atoms with Crippen LogP contribution < -0.4 is 15.0 Å². The Kier molecular flexibility index (Phi) is 5.45. The van der Waals surface area contributed by atoms with E-state index in [1.54, 1.807) is 0 Å². The number of amides is 5. The second-order valence-corrected chi connectivity index (χ2v) is 6.10. The first-order chi connectivity index (χ1) is 14.1. The van der Waals surface area contributed by atoms with Crippen molar-refractivity contribution in [2.75, 3.05) is 23.9 Å². The summed E-state index contributed by atoms with van der Waals surface area (Å²) in [5.74, 6) is -3.08. The maximum absolute atomic E-state index is 13.0. The lowest BCUT2D eigenvalue weighted by atomic mass is 10.1. The summed E-state index contributed by atoms with van der Waals surface area (Å²) in [6.45, 7) is -0.928. The Labute approximate surface area is 167 Å². The van der Waals surface area contributed by atoms with Crippen molar-refractivity contribution in [2.24, 2.45) is 0 Å². The minimum absolute atomic E-state index is 0.0736. The van der Waals surface area contributed by atoms with Crippen LogP contribution in [0.4, 0.5) is 29.3 Å². The summed E-state index contributed by atoms with van der Waals surface area (Å²) in [5, 5.41) is 2.02. The Bertz CT molecular complexity index is 1020. The van der Waals surface area contributed by atoms with Crippen molar-refractivity contribution in [2.45, 2.75) is 6.18 Å². The van der Waals surface area contributed by atoms with Gasteiger partial charge in [0.05, 0.1) is 24.0 Å². The first-order valence-electron chi connectivity index (χ1n) is 8.43. The third-order valence-electron chi connectivity index (χ3n) is 4.19. The second kappa shape index (κ2) is 7.85. The van der Waals surface area contributed by atoms with Crippen LogP contribution in [-0.4, -0.2) is 42.3 Å². The van der Waals surface area contributed by atoms with Gasteiger partial charge >= 0.3 is 24.0 Å². The SMILES string of the molecule is COc1ccc(N2C(=O)C(=O)N(CC(=O)Nc3ccccc3C(F)(F)F)C2=O)cc1. The maximum atomic E-state index is 13.0. The Morgan fingerprint density at radius 1 is 1.00 bits per heavy atom. The topological polar surface area (TPSA) is 96.0 Å². The summed E-state index contributed by atoms with van der Waals surface area (Å²) in [6, 6.07) is 8.81. The van der Waals surface area contributed by atoms with E-state index in [1.807, 2.05) is 5.32 Å². The zero-order valence-electron chi connectivity index (χ0n) is 15.4. The third kappa shape index (κ3) is 3.95. The van der Waals surface area contributed by atoms with Gasteiger partial charge in [0.15, 0.2) is 0 Å². The van der Waals surface area contributed by atoms with Crippen molar-refractivity contribution in [1.29, 1.82) is 0 Å². The van der Waals surface area contributed by atoms with E-state index in [0.717, 1.165) is 18.2 Å². The minimum Gasteiger partial charge on any atom is -0.497 e. The molecule has 1 N–H and O–H groups in total. The number of para-hydroxylation sites is 1. The molecule has 2 aromatic rings. The number of methoxy groups -OCH3 is 1. The lowest BCUT2D eigenvalue weighted by Crippen LogP contribution is -2.39. The van der Waals surface area contributed by atoms with Crippen LogP contribution in [0.3, 0.4) is 0 Å². The average Bonchev–Trinajstić information content (AvgIpc) is 2.91. The molecule has 2 aromatic carbocycles. The van der Waals surface area contributed by atoms with Gasteiger partial charge in [-0.25, -0.2) is 14.6 Å². The molecule has 1 heterocycles. The van der Waals surface area contributed by atoms with Crippen molar-refractivity contribution in [3.8, 4) is 5.75 Å². The van der Waals surface area contributed by atoms with Gasteiger partial charge in [0.1, 0.15) is 12.3 Å². The average molecular weight is 421 g/mol. The van der Waals surface area contributed by atoms with Gasteiger partial charge in [0.2, 0.25) is 5.91 Å².